The molecule has 0 aliphatic carbocycles. The maximum absolute atomic E-state index is 12.5. The molecule has 0 amide bonds. The Morgan fingerprint density at radius 1 is 0.857 bits per heavy atom. The molecular weight excluding hydrogens is 260 g/mol. The van der Waals surface area contributed by atoms with Crippen molar-refractivity contribution in [2.75, 3.05) is 0 Å². The maximum atomic E-state index is 12.5. The van der Waals surface area contributed by atoms with Crippen LogP contribution in [0.5, 0.6) is 0 Å². The van der Waals surface area contributed by atoms with Gasteiger partial charge in [0.05, 0.1) is 11.0 Å². The molecule has 1 heterocycles. The number of aromatic nitrogens is 2. The molecule has 0 spiro atoms. The third-order valence-corrected chi connectivity index (χ3v) is 3.93. The van der Waals surface area contributed by atoms with E-state index in [2.05, 4.69) is 24.3 Å². The van der Waals surface area contributed by atoms with Crippen LogP contribution >= 0.6 is 0 Å². The summed E-state index contributed by atoms with van der Waals surface area (Å²) in [7, 11) is 0. The highest BCUT2D eigenvalue weighted by atomic mass is 16.1. The highest BCUT2D eigenvalue weighted by molar-refractivity contribution is 5.75. The van der Waals surface area contributed by atoms with Crippen molar-refractivity contribution in [2.24, 2.45) is 0 Å². The summed E-state index contributed by atoms with van der Waals surface area (Å²) in [5.74, 6) is 0. The summed E-state index contributed by atoms with van der Waals surface area (Å²) in [6.45, 7) is 3.49. The Bertz CT molecular complexity index is 784. The number of hydrogen-bond acceptors (Lipinski definition) is 1. The molecular formula is C18H20N2O. The highest BCUT2D eigenvalue weighted by Crippen LogP contribution is 2.13. The van der Waals surface area contributed by atoms with E-state index in [1.54, 1.807) is 0 Å². The van der Waals surface area contributed by atoms with Crippen molar-refractivity contribution < 1.29 is 0 Å². The lowest BCUT2D eigenvalue weighted by atomic mass is 10.1. The Balaban J connectivity index is 1.84. The third-order valence-electron chi connectivity index (χ3n) is 3.93. The van der Waals surface area contributed by atoms with E-state index >= 15 is 0 Å². The van der Waals surface area contributed by atoms with E-state index in [9.17, 15) is 4.79 Å². The lowest BCUT2D eigenvalue weighted by molar-refractivity contribution is 0.609. The summed E-state index contributed by atoms with van der Waals surface area (Å²) in [5, 5.41) is 0. The van der Waals surface area contributed by atoms with Gasteiger partial charge in [0.1, 0.15) is 0 Å². The molecule has 3 rings (SSSR count). The second-order valence-electron chi connectivity index (χ2n) is 5.26. The third kappa shape index (κ3) is 2.64. The van der Waals surface area contributed by atoms with Crippen LogP contribution in [0.3, 0.4) is 0 Å². The molecule has 0 aliphatic heterocycles. The smallest absolute Gasteiger partial charge is 0.292 e. The lowest BCUT2D eigenvalue weighted by Crippen LogP contribution is -2.24. The average Bonchev–Trinajstić information content (AvgIpc) is 2.80. The summed E-state index contributed by atoms with van der Waals surface area (Å²) in [5.41, 5.74) is 3.50. The highest BCUT2D eigenvalue weighted by Gasteiger charge is 2.10. The van der Waals surface area contributed by atoms with E-state index in [0.717, 1.165) is 30.4 Å². The molecule has 21 heavy (non-hydrogen) atoms. The zero-order chi connectivity index (χ0) is 14.7. The van der Waals surface area contributed by atoms with Crippen molar-refractivity contribution in [1.82, 2.24) is 9.13 Å². The monoisotopic (exact) mass is 280 g/mol. The minimum Gasteiger partial charge on any atom is -0.292 e. The Kier molecular flexibility index (Phi) is 3.91. The maximum Gasteiger partial charge on any atom is 0.329 e. The Morgan fingerprint density at radius 2 is 1.48 bits per heavy atom. The van der Waals surface area contributed by atoms with Crippen molar-refractivity contribution in [3.8, 4) is 0 Å². The van der Waals surface area contributed by atoms with Gasteiger partial charge in [0, 0.05) is 13.1 Å². The first-order chi connectivity index (χ1) is 10.3. The molecule has 108 valence electrons. The second-order valence-corrected chi connectivity index (χ2v) is 5.26. The fourth-order valence-electron chi connectivity index (χ4n) is 2.88. The number of fused-ring (bicyclic) bond motifs is 1. The van der Waals surface area contributed by atoms with Crippen LogP contribution in [0.4, 0.5) is 0 Å². The lowest BCUT2D eigenvalue weighted by Gasteiger charge is -2.03. The Morgan fingerprint density at radius 3 is 2.14 bits per heavy atom. The van der Waals surface area contributed by atoms with E-state index in [0.29, 0.717) is 6.54 Å². The molecule has 0 unspecified atom stereocenters. The topological polar surface area (TPSA) is 26.9 Å². The number of nitrogens with zero attached hydrogens (tertiary/aromatic N) is 2. The van der Waals surface area contributed by atoms with Gasteiger partial charge in [0.2, 0.25) is 0 Å². The van der Waals surface area contributed by atoms with Gasteiger partial charge in [0.25, 0.3) is 0 Å². The molecule has 3 nitrogen and oxygen atoms in total. The van der Waals surface area contributed by atoms with E-state index in [1.165, 1.54) is 5.56 Å². The first kappa shape index (κ1) is 13.7. The number of rotatable bonds is 5. The van der Waals surface area contributed by atoms with Crippen LogP contribution in [-0.4, -0.2) is 9.13 Å². The zero-order valence-electron chi connectivity index (χ0n) is 12.3. The van der Waals surface area contributed by atoms with Gasteiger partial charge in [-0.15, -0.1) is 0 Å². The largest absolute Gasteiger partial charge is 0.329 e. The van der Waals surface area contributed by atoms with Crippen molar-refractivity contribution in [3.63, 3.8) is 0 Å². The number of aryl methyl sites for hydroxylation is 3. The summed E-state index contributed by atoms with van der Waals surface area (Å²) >= 11 is 0. The van der Waals surface area contributed by atoms with Gasteiger partial charge in [-0.05, 0) is 37.5 Å². The summed E-state index contributed by atoms with van der Waals surface area (Å²) < 4.78 is 3.75. The van der Waals surface area contributed by atoms with Gasteiger partial charge in [0.15, 0.2) is 0 Å². The minimum absolute atomic E-state index is 0.103. The zero-order valence-corrected chi connectivity index (χ0v) is 12.3. The van der Waals surface area contributed by atoms with Gasteiger partial charge in [-0.3, -0.25) is 9.13 Å². The van der Waals surface area contributed by atoms with Crippen molar-refractivity contribution >= 4 is 11.0 Å². The first-order valence-electron chi connectivity index (χ1n) is 7.53. The van der Waals surface area contributed by atoms with Gasteiger partial charge in [-0.2, -0.15) is 0 Å². The second kappa shape index (κ2) is 6.00. The minimum atomic E-state index is 0.103. The van der Waals surface area contributed by atoms with Crippen molar-refractivity contribution in [1.29, 1.82) is 0 Å². The standard InChI is InChI=1S/C18H20N2O/c1-2-19-16-12-6-7-13-17(16)20(18(19)21)14-8-11-15-9-4-3-5-10-15/h3-7,9-10,12-13H,2,8,11,14H2,1H3. The summed E-state index contributed by atoms with van der Waals surface area (Å²) in [6, 6.07) is 18.5. The van der Waals surface area contributed by atoms with Crippen LogP contribution in [0.2, 0.25) is 0 Å². The number of benzene rings is 2. The molecule has 0 radical (unpaired) electrons. The average molecular weight is 280 g/mol. The fourth-order valence-corrected chi connectivity index (χ4v) is 2.88. The quantitative estimate of drug-likeness (QED) is 0.703. The first-order valence-corrected chi connectivity index (χ1v) is 7.53. The molecule has 0 bridgehead atoms. The van der Waals surface area contributed by atoms with Crippen LogP contribution < -0.4 is 5.69 Å². The fraction of sp³-hybridized carbons (Fsp3) is 0.278. The molecule has 2 aromatic carbocycles. The SMILES string of the molecule is CCn1c(=O)n(CCCc2ccccc2)c2ccccc21. The molecule has 0 atom stereocenters. The van der Waals surface area contributed by atoms with Gasteiger partial charge >= 0.3 is 5.69 Å². The van der Waals surface area contributed by atoms with Gasteiger partial charge in [-0.1, -0.05) is 42.5 Å². The van der Waals surface area contributed by atoms with E-state index in [1.807, 2.05) is 46.4 Å². The predicted octanol–water partition coefficient (Wildman–Crippen LogP) is 3.46. The van der Waals surface area contributed by atoms with E-state index < -0.39 is 0 Å². The van der Waals surface area contributed by atoms with Crippen LogP contribution in [0.25, 0.3) is 11.0 Å². The summed E-state index contributed by atoms with van der Waals surface area (Å²) in [4.78, 5) is 12.5. The van der Waals surface area contributed by atoms with Gasteiger partial charge < -0.3 is 0 Å². The molecule has 1 aromatic heterocycles. The number of imidazole rings is 1. The van der Waals surface area contributed by atoms with Crippen LogP contribution in [0, 0.1) is 0 Å². The number of para-hydroxylation sites is 2. The van der Waals surface area contributed by atoms with Crippen molar-refractivity contribution in [3.05, 3.63) is 70.6 Å². The molecule has 0 N–H and O–H groups in total. The predicted molar refractivity (Wildman–Crippen MR) is 86.6 cm³/mol. The molecule has 0 aliphatic rings. The Labute approximate surface area is 124 Å². The summed E-state index contributed by atoms with van der Waals surface area (Å²) in [6.07, 6.45) is 1.97. The van der Waals surface area contributed by atoms with Crippen LogP contribution in [0.1, 0.15) is 18.9 Å². The van der Waals surface area contributed by atoms with Crippen LogP contribution in [0.15, 0.2) is 59.4 Å². The normalized spacial score (nSPS) is 11.1. The molecule has 3 aromatic rings. The Hall–Kier alpha value is -2.29. The van der Waals surface area contributed by atoms with E-state index in [-0.39, 0.29) is 5.69 Å². The molecule has 0 saturated heterocycles. The van der Waals surface area contributed by atoms with Crippen molar-refractivity contribution in [2.45, 2.75) is 32.9 Å². The van der Waals surface area contributed by atoms with E-state index in [4.69, 9.17) is 0 Å². The van der Waals surface area contributed by atoms with Crippen LogP contribution in [-0.2, 0) is 19.5 Å². The number of hydrogen-bond donors (Lipinski definition) is 0. The molecule has 0 fully saturated rings. The molecule has 3 heteroatoms. The van der Waals surface area contributed by atoms with Gasteiger partial charge in [-0.25, -0.2) is 4.79 Å². The molecule has 0 saturated carbocycles.